The minimum Gasteiger partial charge on any atom is -0.545 e. The van der Waals surface area contributed by atoms with Crippen LogP contribution in [0.15, 0.2) is 48.5 Å². The van der Waals surface area contributed by atoms with Crippen molar-refractivity contribution in [2.75, 3.05) is 12.4 Å². The van der Waals surface area contributed by atoms with Gasteiger partial charge in [0.25, 0.3) is 0 Å². The van der Waals surface area contributed by atoms with Crippen molar-refractivity contribution in [3.05, 3.63) is 59.7 Å². The standard InChI is InChI=1S/C15H15NO3/c1-19-14-5-3-2-4-12(14)10-16-13-8-6-11(7-9-13)15(17)18/h2-9,16H,10H2,1H3,(H,17,18)/p-1. The molecule has 4 heteroatoms. The summed E-state index contributed by atoms with van der Waals surface area (Å²) < 4.78 is 5.26. The molecule has 0 fully saturated rings. The highest BCUT2D eigenvalue weighted by Crippen LogP contribution is 2.19. The first-order valence-corrected chi connectivity index (χ1v) is 5.88. The molecule has 0 aliphatic heterocycles. The molecular formula is C15H14NO3-. The van der Waals surface area contributed by atoms with Crippen molar-refractivity contribution in [2.24, 2.45) is 0 Å². The minimum atomic E-state index is -1.17. The van der Waals surface area contributed by atoms with Crippen LogP contribution in [0.2, 0.25) is 0 Å². The first-order chi connectivity index (χ1) is 9.20. The Labute approximate surface area is 111 Å². The highest BCUT2D eigenvalue weighted by Gasteiger charge is 2.01. The monoisotopic (exact) mass is 256 g/mol. The SMILES string of the molecule is COc1ccccc1CNc1ccc(C(=O)[O-])cc1. The van der Waals surface area contributed by atoms with E-state index in [0.717, 1.165) is 17.0 Å². The van der Waals surface area contributed by atoms with E-state index < -0.39 is 5.97 Å². The minimum absolute atomic E-state index is 0.169. The fourth-order valence-corrected chi connectivity index (χ4v) is 1.77. The van der Waals surface area contributed by atoms with Gasteiger partial charge in [0.1, 0.15) is 5.75 Å². The van der Waals surface area contributed by atoms with Crippen molar-refractivity contribution in [3.8, 4) is 5.75 Å². The smallest absolute Gasteiger partial charge is 0.123 e. The molecule has 0 saturated carbocycles. The zero-order valence-corrected chi connectivity index (χ0v) is 10.6. The molecule has 0 amide bonds. The first-order valence-electron chi connectivity index (χ1n) is 5.88. The van der Waals surface area contributed by atoms with Crippen LogP contribution in [0.1, 0.15) is 15.9 Å². The Morgan fingerprint density at radius 3 is 2.47 bits per heavy atom. The first kappa shape index (κ1) is 13.0. The number of benzene rings is 2. The van der Waals surface area contributed by atoms with E-state index in [1.165, 1.54) is 12.1 Å². The summed E-state index contributed by atoms with van der Waals surface area (Å²) in [6.07, 6.45) is 0. The highest BCUT2D eigenvalue weighted by molar-refractivity contribution is 5.86. The van der Waals surface area contributed by atoms with Crippen molar-refractivity contribution < 1.29 is 14.6 Å². The zero-order chi connectivity index (χ0) is 13.7. The van der Waals surface area contributed by atoms with Gasteiger partial charge in [-0.2, -0.15) is 0 Å². The van der Waals surface area contributed by atoms with Crippen molar-refractivity contribution in [1.82, 2.24) is 0 Å². The summed E-state index contributed by atoms with van der Waals surface area (Å²) in [6, 6.07) is 14.2. The van der Waals surface area contributed by atoms with Gasteiger partial charge in [-0.1, -0.05) is 30.3 Å². The third-order valence-corrected chi connectivity index (χ3v) is 2.80. The van der Waals surface area contributed by atoms with Crippen LogP contribution in [0.5, 0.6) is 5.75 Å². The fourth-order valence-electron chi connectivity index (χ4n) is 1.77. The average molecular weight is 256 g/mol. The van der Waals surface area contributed by atoms with Crippen LogP contribution in [0.4, 0.5) is 5.69 Å². The molecule has 0 atom stereocenters. The molecule has 0 radical (unpaired) electrons. The Morgan fingerprint density at radius 1 is 1.16 bits per heavy atom. The molecule has 0 aromatic heterocycles. The number of carbonyl (C=O) groups excluding carboxylic acids is 1. The predicted octanol–water partition coefficient (Wildman–Crippen LogP) is 1.67. The van der Waals surface area contributed by atoms with Gasteiger partial charge in [0.15, 0.2) is 0 Å². The van der Waals surface area contributed by atoms with Crippen LogP contribution in [0, 0.1) is 0 Å². The third kappa shape index (κ3) is 3.25. The van der Waals surface area contributed by atoms with E-state index in [9.17, 15) is 9.90 Å². The molecule has 1 N–H and O–H groups in total. The molecule has 2 rings (SSSR count). The number of anilines is 1. The molecule has 4 nitrogen and oxygen atoms in total. The lowest BCUT2D eigenvalue weighted by Gasteiger charge is -2.11. The number of hydrogen-bond acceptors (Lipinski definition) is 4. The van der Waals surface area contributed by atoms with Crippen LogP contribution in [0.25, 0.3) is 0 Å². The van der Waals surface area contributed by atoms with Crippen molar-refractivity contribution in [2.45, 2.75) is 6.54 Å². The largest absolute Gasteiger partial charge is 0.545 e. The van der Waals surface area contributed by atoms with E-state index in [4.69, 9.17) is 4.74 Å². The summed E-state index contributed by atoms with van der Waals surface area (Å²) in [6.45, 7) is 0.606. The van der Waals surface area contributed by atoms with Crippen LogP contribution >= 0.6 is 0 Å². The van der Waals surface area contributed by atoms with E-state index in [1.807, 2.05) is 24.3 Å². The van der Waals surface area contributed by atoms with Crippen molar-refractivity contribution >= 4 is 11.7 Å². The molecule has 0 unspecified atom stereocenters. The molecule has 0 spiro atoms. The number of aromatic carboxylic acids is 1. The Bertz CT molecular complexity index is 564. The number of para-hydroxylation sites is 1. The number of hydrogen-bond donors (Lipinski definition) is 1. The molecule has 2 aromatic rings. The topological polar surface area (TPSA) is 61.4 Å². The van der Waals surface area contributed by atoms with Crippen LogP contribution in [0.3, 0.4) is 0 Å². The van der Waals surface area contributed by atoms with Gasteiger partial charge in [-0.3, -0.25) is 0 Å². The Morgan fingerprint density at radius 2 is 1.84 bits per heavy atom. The van der Waals surface area contributed by atoms with Crippen LogP contribution < -0.4 is 15.2 Å². The Kier molecular flexibility index (Phi) is 4.03. The summed E-state index contributed by atoms with van der Waals surface area (Å²) in [5.74, 6) is -0.349. The lowest BCUT2D eigenvalue weighted by Crippen LogP contribution is -2.21. The van der Waals surface area contributed by atoms with Crippen molar-refractivity contribution in [1.29, 1.82) is 0 Å². The number of rotatable bonds is 5. The molecule has 0 aliphatic rings. The second-order valence-corrected chi connectivity index (χ2v) is 4.03. The van der Waals surface area contributed by atoms with Gasteiger partial charge in [-0.15, -0.1) is 0 Å². The number of ether oxygens (including phenoxy) is 1. The number of nitrogens with one attached hydrogen (secondary N) is 1. The number of carboxylic acids is 1. The third-order valence-electron chi connectivity index (χ3n) is 2.80. The summed E-state index contributed by atoms with van der Waals surface area (Å²) >= 11 is 0. The molecule has 0 heterocycles. The molecular weight excluding hydrogens is 242 g/mol. The van der Waals surface area contributed by atoms with E-state index in [-0.39, 0.29) is 5.56 Å². The van der Waals surface area contributed by atoms with Gasteiger partial charge in [0, 0.05) is 17.8 Å². The summed E-state index contributed by atoms with van der Waals surface area (Å²) in [4.78, 5) is 10.6. The maximum Gasteiger partial charge on any atom is 0.123 e. The van der Waals surface area contributed by atoms with E-state index in [1.54, 1.807) is 19.2 Å². The van der Waals surface area contributed by atoms with Crippen molar-refractivity contribution in [3.63, 3.8) is 0 Å². The highest BCUT2D eigenvalue weighted by atomic mass is 16.5. The normalized spacial score (nSPS) is 9.95. The number of methoxy groups -OCH3 is 1. The average Bonchev–Trinajstić information content (AvgIpc) is 2.45. The summed E-state index contributed by atoms with van der Waals surface area (Å²) in [7, 11) is 1.63. The molecule has 19 heavy (non-hydrogen) atoms. The molecule has 0 bridgehead atoms. The number of carbonyl (C=O) groups is 1. The summed E-state index contributed by atoms with van der Waals surface area (Å²) in [5, 5.41) is 13.8. The molecule has 98 valence electrons. The summed E-state index contributed by atoms with van der Waals surface area (Å²) in [5.41, 5.74) is 2.05. The lowest BCUT2D eigenvalue weighted by molar-refractivity contribution is -0.255. The van der Waals surface area contributed by atoms with Gasteiger partial charge in [0.2, 0.25) is 0 Å². The van der Waals surface area contributed by atoms with E-state index in [2.05, 4.69) is 5.32 Å². The maximum atomic E-state index is 10.6. The van der Waals surface area contributed by atoms with Gasteiger partial charge >= 0.3 is 0 Å². The van der Waals surface area contributed by atoms with Crippen LogP contribution in [-0.2, 0) is 6.54 Å². The molecule has 2 aromatic carbocycles. The quantitative estimate of drug-likeness (QED) is 0.884. The zero-order valence-electron chi connectivity index (χ0n) is 10.6. The van der Waals surface area contributed by atoms with Gasteiger partial charge in [0.05, 0.1) is 13.1 Å². The lowest BCUT2D eigenvalue weighted by atomic mass is 10.2. The van der Waals surface area contributed by atoms with Crippen LogP contribution in [-0.4, -0.2) is 13.1 Å². The fraction of sp³-hybridized carbons (Fsp3) is 0.133. The number of carboxylic acid groups (broad SMARTS) is 1. The molecule has 0 aliphatic carbocycles. The Balaban J connectivity index is 2.04. The van der Waals surface area contributed by atoms with Gasteiger partial charge in [-0.25, -0.2) is 0 Å². The van der Waals surface area contributed by atoms with Gasteiger partial charge in [-0.05, 0) is 23.8 Å². The Hall–Kier alpha value is -2.49. The molecule has 0 saturated heterocycles. The van der Waals surface area contributed by atoms with E-state index >= 15 is 0 Å². The second kappa shape index (κ2) is 5.91. The second-order valence-electron chi connectivity index (χ2n) is 4.03. The predicted molar refractivity (Wildman–Crippen MR) is 71.1 cm³/mol. The van der Waals surface area contributed by atoms with E-state index in [0.29, 0.717) is 6.54 Å². The maximum absolute atomic E-state index is 10.6. The van der Waals surface area contributed by atoms with Gasteiger partial charge < -0.3 is 20.0 Å².